The molecule has 1 amide bonds. The summed E-state index contributed by atoms with van der Waals surface area (Å²) < 4.78 is 24.6. The van der Waals surface area contributed by atoms with E-state index in [0.717, 1.165) is 22.9 Å². The Hall–Kier alpha value is -1.92. The molecule has 1 saturated heterocycles. The number of fused-ring (bicyclic) bond motifs is 1. The third-order valence-corrected chi connectivity index (χ3v) is 4.35. The highest BCUT2D eigenvalue weighted by molar-refractivity contribution is 5.88. The van der Waals surface area contributed by atoms with Crippen LogP contribution in [0.2, 0.25) is 0 Å². The highest BCUT2D eigenvalue weighted by Crippen LogP contribution is 2.26. The Morgan fingerprint density at radius 3 is 2.92 bits per heavy atom. The van der Waals surface area contributed by atoms with Gasteiger partial charge in [0.05, 0.1) is 19.6 Å². The van der Waals surface area contributed by atoms with E-state index in [0.29, 0.717) is 19.8 Å². The molecule has 1 unspecified atom stereocenters. The third kappa shape index (κ3) is 3.94. The predicted molar refractivity (Wildman–Crippen MR) is 89.1 cm³/mol. The fourth-order valence-electron chi connectivity index (χ4n) is 3.20. The molecule has 0 bridgehead atoms. The lowest BCUT2D eigenvalue weighted by Crippen LogP contribution is -2.34. The number of rotatable bonds is 6. The van der Waals surface area contributed by atoms with E-state index in [4.69, 9.17) is 9.47 Å². The van der Waals surface area contributed by atoms with E-state index in [1.165, 1.54) is 12.1 Å². The molecule has 0 aliphatic carbocycles. The normalized spacial score (nSPS) is 18.0. The Morgan fingerprint density at radius 2 is 2.17 bits per heavy atom. The Bertz CT molecular complexity index is 722. The van der Waals surface area contributed by atoms with Gasteiger partial charge in [0.2, 0.25) is 5.91 Å². The Balaban J connectivity index is 1.52. The fourth-order valence-corrected chi connectivity index (χ4v) is 3.20. The summed E-state index contributed by atoms with van der Waals surface area (Å²) in [5.74, 6) is -0.691. The quantitative estimate of drug-likeness (QED) is 0.854. The first kappa shape index (κ1) is 16.9. The van der Waals surface area contributed by atoms with Gasteiger partial charge in [-0.2, -0.15) is 0 Å². The minimum Gasteiger partial charge on any atom is -0.361 e. The van der Waals surface area contributed by atoms with Gasteiger partial charge >= 0.3 is 0 Å². The van der Waals surface area contributed by atoms with Gasteiger partial charge in [0.1, 0.15) is 5.82 Å². The number of amides is 1. The summed E-state index contributed by atoms with van der Waals surface area (Å²) in [5.41, 5.74) is 1.63. The van der Waals surface area contributed by atoms with E-state index in [1.54, 1.807) is 12.3 Å². The summed E-state index contributed by atoms with van der Waals surface area (Å²) >= 11 is 0. The number of carbonyl (C=O) groups is 1. The maximum Gasteiger partial charge on any atom is 0.224 e. The lowest BCUT2D eigenvalue weighted by atomic mass is 10.0. The van der Waals surface area contributed by atoms with Gasteiger partial charge < -0.3 is 19.8 Å². The Labute approximate surface area is 140 Å². The van der Waals surface area contributed by atoms with E-state index in [-0.39, 0.29) is 24.1 Å². The number of aromatic amines is 1. The van der Waals surface area contributed by atoms with E-state index in [1.807, 2.05) is 6.92 Å². The van der Waals surface area contributed by atoms with Crippen molar-refractivity contribution in [3.05, 3.63) is 35.8 Å². The van der Waals surface area contributed by atoms with Gasteiger partial charge in [-0.05, 0) is 36.6 Å². The highest BCUT2D eigenvalue weighted by Gasteiger charge is 2.32. The molecule has 1 atom stereocenters. The summed E-state index contributed by atoms with van der Waals surface area (Å²) in [6, 6.07) is 4.53. The second-order valence-electron chi connectivity index (χ2n) is 6.62. The molecule has 3 rings (SSSR count). The number of ether oxygens (including phenoxy) is 2. The molecule has 2 aromatic rings. The van der Waals surface area contributed by atoms with Crippen LogP contribution in [0.1, 0.15) is 25.8 Å². The van der Waals surface area contributed by atoms with Crippen molar-refractivity contribution in [1.29, 1.82) is 0 Å². The Morgan fingerprint density at radius 1 is 1.42 bits per heavy atom. The number of aromatic nitrogens is 1. The van der Waals surface area contributed by atoms with Gasteiger partial charge in [-0.25, -0.2) is 4.39 Å². The molecule has 0 spiro atoms. The molecule has 1 aromatic carbocycles. The van der Waals surface area contributed by atoms with Crippen molar-refractivity contribution in [1.82, 2.24) is 10.3 Å². The Kier molecular flexibility index (Phi) is 4.87. The van der Waals surface area contributed by atoms with Gasteiger partial charge in [-0.15, -0.1) is 0 Å². The molecule has 1 aromatic heterocycles. The van der Waals surface area contributed by atoms with Gasteiger partial charge in [0.25, 0.3) is 0 Å². The number of carbonyl (C=O) groups excluding carboxylic acids is 1. The monoisotopic (exact) mass is 334 g/mol. The summed E-state index contributed by atoms with van der Waals surface area (Å²) in [7, 11) is 0. The van der Waals surface area contributed by atoms with Crippen LogP contribution in [0.25, 0.3) is 10.9 Å². The van der Waals surface area contributed by atoms with Crippen molar-refractivity contribution in [3.8, 4) is 0 Å². The minimum absolute atomic E-state index is 0.0783. The van der Waals surface area contributed by atoms with Crippen LogP contribution >= 0.6 is 0 Å². The molecule has 6 heteroatoms. The van der Waals surface area contributed by atoms with Crippen LogP contribution in [0.4, 0.5) is 4.39 Å². The molecule has 0 radical (unpaired) electrons. The van der Waals surface area contributed by atoms with Crippen LogP contribution in [0.15, 0.2) is 24.4 Å². The smallest absolute Gasteiger partial charge is 0.224 e. The van der Waals surface area contributed by atoms with Crippen LogP contribution in [0.3, 0.4) is 0 Å². The summed E-state index contributed by atoms with van der Waals surface area (Å²) in [6.45, 7) is 5.77. The van der Waals surface area contributed by atoms with Gasteiger partial charge in [0.15, 0.2) is 5.79 Å². The maximum absolute atomic E-state index is 13.4. The standard InChI is InChI=1S/C18H23FN2O3/c1-12(9-18(2)23-5-6-24-18)10-21-17(22)7-13-11-20-16-4-3-14(19)8-15(13)16/h3-4,8,11-12,20H,5-7,9-10H2,1-2H3,(H,21,22). The van der Waals surface area contributed by atoms with Crippen molar-refractivity contribution in [2.45, 2.75) is 32.5 Å². The molecule has 1 aliphatic rings. The number of hydrogen-bond acceptors (Lipinski definition) is 3. The summed E-state index contributed by atoms with van der Waals surface area (Å²) in [5, 5.41) is 3.68. The molecule has 5 nitrogen and oxygen atoms in total. The predicted octanol–water partition coefficient (Wildman–Crippen LogP) is 2.75. The van der Waals surface area contributed by atoms with Crippen LogP contribution in [-0.2, 0) is 20.7 Å². The topological polar surface area (TPSA) is 63.4 Å². The number of nitrogens with one attached hydrogen (secondary N) is 2. The zero-order chi connectivity index (χ0) is 17.2. The molecular formula is C18H23FN2O3. The number of benzene rings is 1. The number of halogens is 1. The largest absolute Gasteiger partial charge is 0.361 e. The summed E-state index contributed by atoms with van der Waals surface area (Å²) in [6.07, 6.45) is 2.71. The second-order valence-corrected chi connectivity index (χ2v) is 6.62. The third-order valence-electron chi connectivity index (χ3n) is 4.35. The lowest BCUT2D eigenvalue weighted by Gasteiger charge is -2.26. The van der Waals surface area contributed by atoms with Crippen LogP contribution < -0.4 is 5.32 Å². The molecule has 1 fully saturated rings. The van der Waals surface area contributed by atoms with Crippen LogP contribution in [0.5, 0.6) is 0 Å². The number of hydrogen-bond donors (Lipinski definition) is 2. The zero-order valence-corrected chi connectivity index (χ0v) is 14.0. The minimum atomic E-state index is -0.543. The number of H-pyrrole nitrogens is 1. The SMILES string of the molecule is CC(CNC(=O)Cc1c[nH]c2ccc(F)cc12)CC1(C)OCCO1. The first-order chi connectivity index (χ1) is 11.5. The van der Waals surface area contributed by atoms with E-state index in [9.17, 15) is 9.18 Å². The maximum atomic E-state index is 13.4. The molecule has 24 heavy (non-hydrogen) atoms. The first-order valence-corrected chi connectivity index (χ1v) is 8.25. The van der Waals surface area contributed by atoms with Crippen molar-refractivity contribution in [2.24, 2.45) is 5.92 Å². The van der Waals surface area contributed by atoms with Crippen molar-refractivity contribution >= 4 is 16.8 Å². The average Bonchev–Trinajstić information content (AvgIpc) is 3.12. The van der Waals surface area contributed by atoms with Gasteiger partial charge in [-0.1, -0.05) is 6.92 Å². The van der Waals surface area contributed by atoms with Crippen molar-refractivity contribution in [3.63, 3.8) is 0 Å². The van der Waals surface area contributed by atoms with Crippen LogP contribution in [0, 0.1) is 11.7 Å². The molecule has 2 heterocycles. The van der Waals surface area contributed by atoms with Gasteiger partial charge in [0, 0.05) is 30.1 Å². The van der Waals surface area contributed by atoms with Crippen LogP contribution in [-0.4, -0.2) is 36.4 Å². The molecule has 2 N–H and O–H groups in total. The second kappa shape index (κ2) is 6.91. The average molecular weight is 334 g/mol. The molecule has 0 saturated carbocycles. The molecular weight excluding hydrogens is 311 g/mol. The first-order valence-electron chi connectivity index (χ1n) is 8.25. The van der Waals surface area contributed by atoms with E-state index < -0.39 is 5.79 Å². The van der Waals surface area contributed by atoms with Crippen molar-refractivity contribution < 1.29 is 18.7 Å². The molecule has 1 aliphatic heterocycles. The summed E-state index contributed by atoms with van der Waals surface area (Å²) in [4.78, 5) is 15.2. The van der Waals surface area contributed by atoms with E-state index in [2.05, 4.69) is 17.2 Å². The van der Waals surface area contributed by atoms with Crippen molar-refractivity contribution in [2.75, 3.05) is 19.8 Å². The lowest BCUT2D eigenvalue weighted by molar-refractivity contribution is -0.154. The fraction of sp³-hybridized carbons (Fsp3) is 0.500. The highest BCUT2D eigenvalue weighted by atomic mass is 19.1. The van der Waals surface area contributed by atoms with Gasteiger partial charge in [-0.3, -0.25) is 4.79 Å². The molecule has 130 valence electrons. The zero-order valence-electron chi connectivity index (χ0n) is 14.0. The van der Waals surface area contributed by atoms with E-state index >= 15 is 0 Å².